The Labute approximate surface area is 101 Å². The van der Waals surface area contributed by atoms with E-state index in [2.05, 4.69) is 15.9 Å². The number of hydrogen-bond acceptors (Lipinski definition) is 1. The molecule has 0 aromatic heterocycles. The van der Waals surface area contributed by atoms with Gasteiger partial charge in [0.1, 0.15) is 5.82 Å². The molecule has 2 rings (SSSR count). The highest BCUT2D eigenvalue weighted by atomic mass is 79.9. The van der Waals surface area contributed by atoms with Crippen LogP contribution in [-0.2, 0) is 0 Å². The maximum absolute atomic E-state index is 12.8. The second kappa shape index (κ2) is 4.58. The van der Waals surface area contributed by atoms with Crippen molar-refractivity contribution in [3.05, 3.63) is 58.3 Å². The number of benzene rings is 2. The normalized spacial score (nSPS) is 10.1. The molecule has 0 aliphatic heterocycles. The highest BCUT2D eigenvalue weighted by molar-refractivity contribution is 9.10. The quantitative estimate of drug-likeness (QED) is 0.757. The molecule has 2 aromatic carbocycles. The van der Waals surface area contributed by atoms with E-state index in [9.17, 15) is 9.18 Å². The Morgan fingerprint density at radius 3 is 2.38 bits per heavy atom. The van der Waals surface area contributed by atoms with Gasteiger partial charge in [-0.1, -0.05) is 40.2 Å². The monoisotopic (exact) mass is 278 g/mol. The van der Waals surface area contributed by atoms with E-state index in [4.69, 9.17) is 0 Å². The number of aldehydes is 1. The average molecular weight is 279 g/mol. The van der Waals surface area contributed by atoms with Crippen LogP contribution in [-0.4, -0.2) is 6.29 Å². The van der Waals surface area contributed by atoms with Crippen molar-refractivity contribution >= 4 is 22.2 Å². The van der Waals surface area contributed by atoms with Crippen LogP contribution in [0.2, 0.25) is 0 Å². The molecule has 0 aliphatic carbocycles. The zero-order valence-electron chi connectivity index (χ0n) is 8.28. The van der Waals surface area contributed by atoms with E-state index in [1.54, 1.807) is 24.3 Å². The van der Waals surface area contributed by atoms with Crippen LogP contribution >= 0.6 is 15.9 Å². The van der Waals surface area contributed by atoms with Crippen molar-refractivity contribution < 1.29 is 9.18 Å². The standard InChI is InChI=1S/C13H8BrFO/c14-12-3-1-2-10(8-16)13(12)9-4-6-11(15)7-5-9/h1-8H. The minimum atomic E-state index is -0.288. The van der Waals surface area contributed by atoms with E-state index in [1.165, 1.54) is 12.1 Å². The summed E-state index contributed by atoms with van der Waals surface area (Å²) in [5, 5.41) is 0. The van der Waals surface area contributed by atoms with E-state index < -0.39 is 0 Å². The molecule has 0 saturated heterocycles. The predicted octanol–water partition coefficient (Wildman–Crippen LogP) is 4.07. The Hall–Kier alpha value is -1.48. The summed E-state index contributed by atoms with van der Waals surface area (Å²) in [6.07, 6.45) is 0.795. The number of hydrogen-bond donors (Lipinski definition) is 0. The van der Waals surface area contributed by atoms with Gasteiger partial charge in [0.2, 0.25) is 0 Å². The second-order valence-corrected chi connectivity index (χ2v) is 4.18. The zero-order chi connectivity index (χ0) is 11.5. The lowest BCUT2D eigenvalue weighted by Gasteiger charge is -2.07. The van der Waals surface area contributed by atoms with Crippen molar-refractivity contribution in [3.8, 4) is 11.1 Å². The molecule has 0 amide bonds. The molecule has 0 radical (unpaired) electrons. The summed E-state index contributed by atoms with van der Waals surface area (Å²) in [5.41, 5.74) is 2.19. The Morgan fingerprint density at radius 2 is 1.75 bits per heavy atom. The Balaban J connectivity index is 2.63. The third-order valence-electron chi connectivity index (χ3n) is 2.31. The van der Waals surface area contributed by atoms with Crippen molar-refractivity contribution in [1.82, 2.24) is 0 Å². The van der Waals surface area contributed by atoms with Crippen molar-refractivity contribution in [2.45, 2.75) is 0 Å². The molecule has 0 spiro atoms. The van der Waals surface area contributed by atoms with Gasteiger partial charge in [0.15, 0.2) is 6.29 Å². The first kappa shape index (κ1) is 11.0. The van der Waals surface area contributed by atoms with Crippen molar-refractivity contribution in [3.63, 3.8) is 0 Å². The first-order valence-electron chi connectivity index (χ1n) is 4.72. The van der Waals surface area contributed by atoms with Crippen LogP contribution < -0.4 is 0 Å². The average Bonchev–Trinajstić information content (AvgIpc) is 2.30. The van der Waals surface area contributed by atoms with Crippen molar-refractivity contribution in [2.75, 3.05) is 0 Å². The molecule has 2 aromatic rings. The summed E-state index contributed by atoms with van der Waals surface area (Å²) >= 11 is 3.39. The SMILES string of the molecule is O=Cc1cccc(Br)c1-c1ccc(F)cc1. The van der Waals surface area contributed by atoms with Gasteiger partial charge < -0.3 is 0 Å². The van der Waals surface area contributed by atoms with Gasteiger partial charge in [-0.15, -0.1) is 0 Å². The molecule has 0 heterocycles. The summed E-state index contributed by atoms with van der Waals surface area (Å²) in [7, 11) is 0. The van der Waals surface area contributed by atoms with Gasteiger partial charge in [-0.05, 0) is 23.8 Å². The largest absolute Gasteiger partial charge is 0.298 e. The zero-order valence-corrected chi connectivity index (χ0v) is 9.87. The number of rotatable bonds is 2. The van der Waals surface area contributed by atoms with Gasteiger partial charge in [-0.3, -0.25) is 4.79 Å². The fourth-order valence-electron chi connectivity index (χ4n) is 1.56. The first-order chi connectivity index (χ1) is 7.72. The van der Waals surface area contributed by atoms with E-state index in [1.807, 2.05) is 6.07 Å². The van der Waals surface area contributed by atoms with Gasteiger partial charge in [0.25, 0.3) is 0 Å². The van der Waals surface area contributed by atoms with E-state index in [-0.39, 0.29) is 5.82 Å². The lowest BCUT2D eigenvalue weighted by atomic mass is 10.0. The predicted molar refractivity (Wildman–Crippen MR) is 64.9 cm³/mol. The molecule has 0 atom stereocenters. The first-order valence-corrected chi connectivity index (χ1v) is 5.51. The van der Waals surface area contributed by atoms with Crippen LogP contribution in [0.15, 0.2) is 46.9 Å². The summed E-state index contributed by atoms with van der Waals surface area (Å²) in [4.78, 5) is 10.9. The molecular formula is C13H8BrFO. The molecule has 0 N–H and O–H groups in total. The Bertz CT molecular complexity index is 520. The van der Waals surface area contributed by atoms with E-state index in [0.717, 1.165) is 21.9 Å². The topological polar surface area (TPSA) is 17.1 Å². The van der Waals surface area contributed by atoms with E-state index in [0.29, 0.717) is 5.56 Å². The fraction of sp³-hybridized carbons (Fsp3) is 0. The van der Waals surface area contributed by atoms with E-state index >= 15 is 0 Å². The van der Waals surface area contributed by atoms with Crippen molar-refractivity contribution in [2.24, 2.45) is 0 Å². The third kappa shape index (κ3) is 2.04. The van der Waals surface area contributed by atoms with Crippen LogP contribution in [0.3, 0.4) is 0 Å². The number of carbonyl (C=O) groups is 1. The van der Waals surface area contributed by atoms with Crippen molar-refractivity contribution in [1.29, 1.82) is 0 Å². The fourth-order valence-corrected chi connectivity index (χ4v) is 2.17. The molecular weight excluding hydrogens is 271 g/mol. The number of carbonyl (C=O) groups excluding carboxylic acids is 1. The van der Waals surface area contributed by atoms with Crippen LogP contribution in [0.5, 0.6) is 0 Å². The van der Waals surface area contributed by atoms with Gasteiger partial charge in [0, 0.05) is 15.6 Å². The van der Waals surface area contributed by atoms with Gasteiger partial charge in [-0.2, -0.15) is 0 Å². The van der Waals surface area contributed by atoms with Gasteiger partial charge >= 0.3 is 0 Å². The number of halogens is 2. The lowest BCUT2D eigenvalue weighted by molar-refractivity contribution is 0.112. The molecule has 3 heteroatoms. The molecule has 80 valence electrons. The second-order valence-electron chi connectivity index (χ2n) is 3.33. The summed E-state index contributed by atoms with van der Waals surface area (Å²) < 4.78 is 13.6. The molecule has 0 bridgehead atoms. The molecule has 0 aliphatic rings. The van der Waals surface area contributed by atoms with Crippen LogP contribution in [0, 0.1) is 5.82 Å². The molecule has 0 saturated carbocycles. The summed E-state index contributed by atoms with van der Waals surface area (Å²) in [6, 6.07) is 11.4. The third-order valence-corrected chi connectivity index (χ3v) is 2.97. The Kier molecular flexibility index (Phi) is 3.15. The smallest absolute Gasteiger partial charge is 0.150 e. The molecule has 0 fully saturated rings. The maximum atomic E-state index is 12.8. The summed E-state index contributed by atoms with van der Waals surface area (Å²) in [5.74, 6) is -0.288. The lowest BCUT2D eigenvalue weighted by Crippen LogP contribution is -1.89. The maximum Gasteiger partial charge on any atom is 0.150 e. The minimum Gasteiger partial charge on any atom is -0.298 e. The molecule has 1 nitrogen and oxygen atoms in total. The van der Waals surface area contributed by atoms with Crippen LogP contribution in [0.1, 0.15) is 10.4 Å². The van der Waals surface area contributed by atoms with Crippen LogP contribution in [0.25, 0.3) is 11.1 Å². The highest BCUT2D eigenvalue weighted by Gasteiger charge is 2.08. The molecule has 0 unspecified atom stereocenters. The van der Waals surface area contributed by atoms with Crippen LogP contribution in [0.4, 0.5) is 4.39 Å². The Morgan fingerprint density at radius 1 is 1.06 bits per heavy atom. The van der Waals surface area contributed by atoms with Gasteiger partial charge in [-0.25, -0.2) is 4.39 Å². The highest BCUT2D eigenvalue weighted by Crippen LogP contribution is 2.30. The van der Waals surface area contributed by atoms with Gasteiger partial charge in [0.05, 0.1) is 0 Å². The minimum absolute atomic E-state index is 0.288. The molecule has 16 heavy (non-hydrogen) atoms. The summed E-state index contributed by atoms with van der Waals surface area (Å²) in [6.45, 7) is 0.